The van der Waals surface area contributed by atoms with E-state index >= 15 is 0 Å². The fraction of sp³-hybridized carbons (Fsp3) is 1.00. The lowest BCUT2D eigenvalue weighted by Gasteiger charge is -2.50. The standard InChI is InChI=1S/C11H20O2/c1-10(2)4-8-3-9(12)6-11(13,5-8)7-10/h8-9,12-13H,3-7H2,1-2H3. The minimum absolute atomic E-state index is 0.262. The van der Waals surface area contributed by atoms with Crippen LogP contribution in [0.4, 0.5) is 0 Å². The Labute approximate surface area is 80.0 Å². The summed E-state index contributed by atoms with van der Waals surface area (Å²) in [6, 6.07) is 0. The maximum Gasteiger partial charge on any atom is 0.0680 e. The van der Waals surface area contributed by atoms with Gasteiger partial charge in [0.2, 0.25) is 0 Å². The van der Waals surface area contributed by atoms with Gasteiger partial charge < -0.3 is 10.2 Å². The average molecular weight is 184 g/mol. The average Bonchev–Trinajstić information content (AvgIpc) is 1.75. The Morgan fingerprint density at radius 3 is 2.46 bits per heavy atom. The Morgan fingerprint density at radius 2 is 1.85 bits per heavy atom. The molecular weight excluding hydrogens is 164 g/mol. The zero-order valence-electron chi connectivity index (χ0n) is 8.58. The van der Waals surface area contributed by atoms with Gasteiger partial charge in [0.05, 0.1) is 11.7 Å². The van der Waals surface area contributed by atoms with Crippen LogP contribution < -0.4 is 0 Å². The molecule has 2 heteroatoms. The van der Waals surface area contributed by atoms with Crippen molar-refractivity contribution in [3.05, 3.63) is 0 Å². The van der Waals surface area contributed by atoms with Gasteiger partial charge in [-0.3, -0.25) is 0 Å². The van der Waals surface area contributed by atoms with Crippen LogP contribution in [0.15, 0.2) is 0 Å². The Hall–Kier alpha value is -0.0800. The molecule has 2 nitrogen and oxygen atoms in total. The van der Waals surface area contributed by atoms with Gasteiger partial charge in [0, 0.05) is 6.42 Å². The summed E-state index contributed by atoms with van der Waals surface area (Å²) in [7, 11) is 0. The van der Waals surface area contributed by atoms with E-state index in [4.69, 9.17) is 0 Å². The molecule has 2 fully saturated rings. The molecule has 0 heterocycles. The summed E-state index contributed by atoms with van der Waals surface area (Å²) in [6.07, 6.45) is 4.14. The highest BCUT2D eigenvalue weighted by Gasteiger charge is 2.47. The molecule has 2 saturated carbocycles. The molecule has 2 rings (SSSR count). The van der Waals surface area contributed by atoms with E-state index in [9.17, 15) is 10.2 Å². The summed E-state index contributed by atoms with van der Waals surface area (Å²) < 4.78 is 0. The second-order valence-electron chi connectivity index (χ2n) is 5.93. The zero-order chi connectivity index (χ0) is 9.69. The quantitative estimate of drug-likeness (QED) is 0.601. The van der Waals surface area contributed by atoms with Gasteiger partial charge in [-0.1, -0.05) is 13.8 Å². The van der Waals surface area contributed by atoms with Crippen LogP contribution in [0, 0.1) is 11.3 Å². The van der Waals surface area contributed by atoms with Crippen molar-refractivity contribution < 1.29 is 10.2 Å². The Bertz CT molecular complexity index is 206. The van der Waals surface area contributed by atoms with Crippen LogP contribution in [-0.2, 0) is 0 Å². The Kier molecular flexibility index (Phi) is 1.97. The molecule has 0 spiro atoms. The first-order valence-corrected chi connectivity index (χ1v) is 5.29. The first-order valence-electron chi connectivity index (χ1n) is 5.29. The molecule has 0 radical (unpaired) electrons. The number of hydrogen-bond acceptors (Lipinski definition) is 2. The second-order valence-corrected chi connectivity index (χ2v) is 5.93. The van der Waals surface area contributed by atoms with Crippen LogP contribution in [0.25, 0.3) is 0 Å². The molecule has 0 aromatic rings. The third-order valence-corrected chi connectivity index (χ3v) is 3.54. The van der Waals surface area contributed by atoms with Crippen LogP contribution in [0.5, 0.6) is 0 Å². The number of aliphatic hydroxyl groups excluding tert-OH is 1. The summed E-state index contributed by atoms with van der Waals surface area (Å²) in [4.78, 5) is 0. The van der Waals surface area contributed by atoms with E-state index in [1.807, 2.05) is 0 Å². The van der Waals surface area contributed by atoms with Gasteiger partial charge in [-0.2, -0.15) is 0 Å². The normalized spacial score (nSPS) is 48.9. The van der Waals surface area contributed by atoms with Gasteiger partial charge in [0.1, 0.15) is 0 Å². The lowest BCUT2D eigenvalue weighted by molar-refractivity contribution is -0.123. The third-order valence-electron chi connectivity index (χ3n) is 3.54. The fourth-order valence-corrected chi connectivity index (χ4v) is 3.65. The van der Waals surface area contributed by atoms with Crippen molar-refractivity contribution in [1.82, 2.24) is 0 Å². The molecular formula is C11H20O2. The van der Waals surface area contributed by atoms with Crippen LogP contribution >= 0.6 is 0 Å². The van der Waals surface area contributed by atoms with Crippen LogP contribution in [0.2, 0.25) is 0 Å². The van der Waals surface area contributed by atoms with Gasteiger partial charge in [-0.05, 0) is 37.0 Å². The fourth-order valence-electron chi connectivity index (χ4n) is 3.65. The van der Waals surface area contributed by atoms with Gasteiger partial charge >= 0.3 is 0 Å². The lowest BCUT2D eigenvalue weighted by Crippen LogP contribution is -2.49. The van der Waals surface area contributed by atoms with Crippen LogP contribution in [-0.4, -0.2) is 21.9 Å². The highest BCUT2D eigenvalue weighted by atomic mass is 16.3. The summed E-state index contributed by atoms with van der Waals surface area (Å²) in [5.41, 5.74) is -0.304. The van der Waals surface area contributed by atoms with E-state index < -0.39 is 5.60 Å². The predicted molar refractivity (Wildman–Crippen MR) is 51.3 cm³/mol. The molecule has 3 unspecified atom stereocenters. The third kappa shape index (κ3) is 1.89. The SMILES string of the molecule is CC1(C)CC2CC(O)CC(O)(C2)C1. The van der Waals surface area contributed by atoms with Crippen molar-refractivity contribution in [2.45, 2.75) is 57.7 Å². The van der Waals surface area contributed by atoms with Gasteiger partial charge in [-0.25, -0.2) is 0 Å². The van der Waals surface area contributed by atoms with Crippen molar-refractivity contribution in [2.75, 3.05) is 0 Å². The van der Waals surface area contributed by atoms with Gasteiger partial charge in [-0.15, -0.1) is 0 Å². The highest BCUT2D eigenvalue weighted by molar-refractivity contribution is 4.99. The second kappa shape index (κ2) is 2.71. The number of rotatable bonds is 0. The van der Waals surface area contributed by atoms with E-state index in [2.05, 4.69) is 13.8 Å². The molecule has 0 amide bonds. The topological polar surface area (TPSA) is 40.5 Å². The van der Waals surface area contributed by atoms with Crippen LogP contribution in [0.1, 0.15) is 46.0 Å². The van der Waals surface area contributed by atoms with E-state index in [0.717, 1.165) is 25.7 Å². The van der Waals surface area contributed by atoms with E-state index in [-0.39, 0.29) is 11.5 Å². The number of hydrogen-bond donors (Lipinski definition) is 2. The smallest absolute Gasteiger partial charge is 0.0680 e. The minimum Gasteiger partial charge on any atom is -0.393 e. The maximum atomic E-state index is 10.2. The summed E-state index contributed by atoms with van der Waals surface area (Å²) in [6.45, 7) is 4.45. The van der Waals surface area contributed by atoms with Crippen LogP contribution in [0.3, 0.4) is 0 Å². The van der Waals surface area contributed by atoms with Gasteiger partial charge in [0.25, 0.3) is 0 Å². The minimum atomic E-state index is -0.565. The largest absolute Gasteiger partial charge is 0.393 e. The van der Waals surface area contributed by atoms with Crippen molar-refractivity contribution in [2.24, 2.45) is 11.3 Å². The maximum absolute atomic E-state index is 10.2. The van der Waals surface area contributed by atoms with Crippen molar-refractivity contribution in [3.63, 3.8) is 0 Å². The summed E-state index contributed by atoms with van der Waals surface area (Å²) in [5, 5.41) is 19.8. The van der Waals surface area contributed by atoms with Gasteiger partial charge in [0.15, 0.2) is 0 Å². The predicted octanol–water partition coefficient (Wildman–Crippen LogP) is 1.70. The van der Waals surface area contributed by atoms with Crippen molar-refractivity contribution in [3.8, 4) is 0 Å². The molecule has 0 aliphatic heterocycles. The molecule has 2 aliphatic rings. The highest BCUT2D eigenvalue weighted by Crippen LogP contribution is 2.50. The van der Waals surface area contributed by atoms with Crippen molar-refractivity contribution >= 4 is 0 Å². The number of aliphatic hydroxyl groups is 2. The first-order chi connectivity index (χ1) is 5.89. The molecule has 76 valence electrons. The molecule has 0 aromatic carbocycles. The van der Waals surface area contributed by atoms with E-state index in [1.165, 1.54) is 0 Å². The summed E-state index contributed by atoms with van der Waals surface area (Å²) in [5.74, 6) is 0.539. The first kappa shape index (κ1) is 9.47. The van der Waals surface area contributed by atoms with Crippen molar-refractivity contribution in [1.29, 1.82) is 0 Å². The lowest BCUT2D eigenvalue weighted by atomic mass is 9.59. The molecule has 13 heavy (non-hydrogen) atoms. The monoisotopic (exact) mass is 184 g/mol. The molecule has 0 saturated heterocycles. The molecule has 2 aliphatic carbocycles. The molecule has 3 atom stereocenters. The molecule has 0 aromatic heterocycles. The Morgan fingerprint density at radius 1 is 1.15 bits per heavy atom. The Balaban J connectivity index is 2.17. The molecule has 2 bridgehead atoms. The molecule has 2 N–H and O–H groups in total. The zero-order valence-corrected chi connectivity index (χ0v) is 8.58. The van der Waals surface area contributed by atoms with E-state index in [0.29, 0.717) is 12.3 Å². The summed E-state index contributed by atoms with van der Waals surface area (Å²) >= 11 is 0. The van der Waals surface area contributed by atoms with E-state index in [1.54, 1.807) is 0 Å². The number of fused-ring (bicyclic) bond motifs is 2.